The molecule has 144 valence electrons. The Bertz CT molecular complexity index is 1040. The largest absolute Gasteiger partial charge is 0.496 e. The van der Waals surface area contributed by atoms with Crippen molar-refractivity contribution in [1.29, 1.82) is 0 Å². The number of aryl methyl sites for hydroxylation is 2. The molecule has 2 aromatic carbocycles. The van der Waals surface area contributed by atoms with Crippen LogP contribution in [0, 0.1) is 13.8 Å². The van der Waals surface area contributed by atoms with Crippen LogP contribution in [0.3, 0.4) is 0 Å². The normalized spacial score (nSPS) is 10.4. The lowest BCUT2D eigenvalue weighted by molar-refractivity contribution is -0.131. The van der Waals surface area contributed by atoms with Crippen LogP contribution in [0.5, 0.6) is 11.5 Å². The minimum absolute atomic E-state index is 0.319. The van der Waals surface area contributed by atoms with E-state index in [2.05, 4.69) is 10.3 Å². The van der Waals surface area contributed by atoms with Crippen molar-refractivity contribution in [2.75, 3.05) is 12.4 Å². The maximum Gasteiger partial charge on any atom is 0.308 e. The second-order valence-electron chi connectivity index (χ2n) is 6.18. The van der Waals surface area contributed by atoms with Crippen LogP contribution in [0.25, 0.3) is 11.3 Å². The highest BCUT2D eigenvalue weighted by molar-refractivity contribution is 7.16. The van der Waals surface area contributed by atoms with Crippen LogP contribution in [0.4, 0.5) is 5.13 Å². The smallest absolute Gasteiger partial charge is 0.308 e. The Balaban J connectivity index is 1.81. The third kappa shape index (κ3) is 4.37. The molecular formula is C21H20N2O4S. The molecule has 0 atom stereocenters. The number of methoxy groups -OCH3 is 1. The predicted molar refractivity (Wildman–Crippen MR) is 109 cm³/mol. The highest BCUT2D eigenvalue weighted by atomic mass is 32.1. The first-order chi connectivity index (χ1) is 13.4. The van der Waals surface area contributed by atoms with Gasteiger partial charge < -0.3 is 9.47 Å². The standard InChI is InChI=1S/C21H20N2O4S/c1-12-10-15(8-9-18(12)26-4)19-13(2)28-21(22-19)23-20(25)16-6-5-7-17(11-16)27-14(3)24/h5-11H,1-4H3,(H,22,23,25). The molecule has 28 heavy (non-hydrogen) atoms. The summed E-state index contributed by atoms with van der Waals surface area (Å²) < 4.78 is 10.3. The van der Waals surface area contributed by atoms with Gasteiger partial charge in [0.2, 0.25) is 0 Å². The molecule has 0 aliphatic rings. The molecule has 6 nitrogen and oxygen atoms in total. The Morgan fingerprint density at radius 3 is 2.57 bits per heavy atom. The van der Waals surface area contributed by atoms with E-state index < -0.39 is 5.97 Å². The third-order valence-corrected chi connectivity index (χ3v) is 4.93. The van der Waals surface area contributed by atoms with Crippen molar-refractivity contribution in [3.8, 4) is 22.8 Å². The fraction of sp³-hybridized carbons (Fsp3) is 0.190. The van der Waals surface area contributed by atoms with E-state index in [1.807, 2.05) is 32.0 Å². The molecule has 0 aliphatic heterocycles. The van der Waals surface area contributed by atoms with E-state index >= 15 is 0 Å². The van der Waals surface area contributed by atoms with Gasteiger partial charge in [0.1, 0.15) is 11.5 Å². The van der Waals surface area contributed by atoms with Crippen molar-refractivity contribution < 1.29 is 19.1 Å². The topological polar surface area (TPSA) is 77.5 Å². The average molecular weight is 396 g/mol. The van der Waals surface area contributed by atoms with Crippen LogP contribution in [0.1, 0.15) is 27.7 Å². The summed E-state index contributed by atoms with van der Waals surface area (Å²) in [6, 6.07) is 12.3. The zero-order valence-electron chi connectivity index (χ0n) is 16.0. The number of esters is 1. The van der Waals surface area contributed by atoms with Crippen LogP contribution in [-0.2, 0) is 4.79 Å². The molecule has 0 unspecified atom stereocenters. The van der Waals surface area contributed by atoms with E-state index in [-0.39, 0.29) is 5.91 Å². The summed E-state index contributed by atoms with van der Waals surface area (Å²) in [6.45, 7) is 5.25. The first kappa shape index (κ1) is 19.6. The highest BCUT2D eigenvalue weighted by Gasteiger charge is 2.15. The number of anilines is 1. The van der Waals surface area contributed by atoms with Gasteiger partial charge in [0, 0.05) is 22.9 Å². The molecule has 3 rings (SSSR count). The molecule has 0 radical (unpaired) electrons. The van der Waals surface area contributed by atoms with E-state index in [0.29, 0.717) is 16.4 Å². The fourth-order valence-electron chi connectivity index (χ4n) is 2.78. The molecule has 0 saturated heterocycles. The number of hydrogen-bond acceptors (Lipinski definition) is 6. The molecule has 0 spiro atoms. The van der Waals surface area contributed by atoms with Gasteiger partial charge in [0.05, 0.1) is 12.8 Å². The minimum Gasteiger partial charge on any atom is -0.496 e. The van der Waals surface area contributed by atoms with Crippen molar-refractivity contribution in [3.63, 3.8) is 0 Å². The van der Waals surface area contributed by atoms with Crippen LogP contribution < -0.4 is 14.8 Å². The van der Waals surface area contributed by atoms with Gasteiger partial charge in [-0.1, -0.05) is 6.07 Å². The maximum atomic E-state index is 12.5. The lowest BCUT2D eigenvalue weighted by Crippen LogP contribution is -2.12. The number of nitrogens with one attached hydrogen (secondary N) is 1. The summed E-state index contributed by atoms with van der Waals surface area (Å²) in [4.78, 5) is 29.2. The first-order valence-corrected chi connectivity index (χ1v) is 9.41. The average Bonchev–Trinajstić information content (AvgIpc) is 3.01. The van der Waals surface area contributed by atoms with Gasteiger partial charge in [0.15, 0.2) is 5.13 Å². The molecular weight excluding hydrogens is 376 g/mol. The number of rotatable bonds is 5. The number of hydrogen-bond donors (Lipinski definition) is 1. The Hall–Kier alpha value is -3.19. The number of benzene rings is 2. The Kier molecular flexibility index (Phi) is 5.75. The molecule has 3 aromatic rings. The predicted octanol–water partition coefficient (Wildman–Crippen LogP) is 4.61. The third-order valence-electron chi connectivity index (χ3n) is 4.04. The van der Waals surface area contributed by atoms with Crippen LogP contribution in [0.2, 0.25) is 0 Å². The zero-order valence-corrected chi connectivity index (χ0v) is 16.8. The van der Waals surface area contributed by atoms with E-state index in [1.54, 1.807) is 25.3 Å². The summed E-state index contributed by atoms with van der Waals surface area (Å²) in [6.07, 6.45) is 0. The SMILES string of the molecule is COc1ccc(-c2nc(NC(=O)c3cccc(OC(C)=O)c3)sc2C)cc1C. The molecule has 1 heterocycles. The zero-order chi connectivity index (χ0) is 20.3. The van der Waals surface area contributed by atoms with Crippen molar-refractivity contribution in [3.05, 3.63) is 58.5 Å². The monoisotopic (exact) mass is 396 g/mol. The van der Waals surface area contributed by atoms with Gasteiger partial charge in [-0.2, -0.15) is 0 Å². The molecule has 0 saturated carbocycles. The number of nitrogens with zero attached hydrogens (tertiary/aromatic N) is 1. The van der Waals surface area contributed by atoms with Crippen LogP contribution in [0.15, 0.2) is 42.5 Å². The lowest BCUT2D eigenvalue weighted by atomic mass is 10.1. The van der Waals surface area contributed by atoms with Crippen LogP contribution >= 0.6 is 11.3 Å². The number of carbonyl (C=O) groups excluding carboxylic acids is 2. The van der Waals surface area contributed by atoms with Gasteiger partial charge in [0.25, 0.3) is 5.91 Å². The van der Waals surface area contributed by atoms with Gasteiger partial charge in [-0.15, -0.1) is 11.3 Å². The number of aromatic nitrogens is 1. The molecule has 1 aromatic heterocycles. The van der Waals surface area contributed by atoms with E-state index in [9.17, 15) is 9.59 Å². The molecule has 7 heteroatoms. The Labute approximate surface area is 167 Å². The summed E-state index contributed by atoms with van der Waals surface area (Å²) in [5.74, 6) is 0.385. The van der Waals surface area contributed by atoms with Gasteiger partial charge in [-0.25, -0.2) is 4.98 Å². The number of thiazole rings is 1. The van der Waals surface area contributed by atoms with Crippen molar-refractivity contribution in [1.82, 2.24) is 4.98 Å². The molecule has 1 N–H and O–H groups in total. The van der Waals surface area contributed by atoms with E-state index in [1.165, 1.54) is 24.3 Å². The summed E-state index contributed by atoms with van der Waals surface area (Å²) in [5.41, 5.74) is 3.18. The maximum absolute atomic E-state index is 12.5. The summed E-state index contributed by atoms with van der Waals surface area (Å²) in [7, 11) is 1.64. The number of ether oxygens (including phenoxy) is 2. The number of amides is 1. The summed E-state index contributed by atoms with van der Waals surface area (Å²) in [5, 5.41) is 3.31. The molecule has 0 bridgehead atoms. The molecule has 0 fully saturated rings. The second kappa shape index (κ2) is 8.22. The fourth-order valence-corrected chi connectivity index (χ4v) is 3.61. The highest BCUT2D eigenvalue weighted by Crippen LogP contribution is 2.33. The van der Waals surface area contributed by atoms with Crippen LogP contribution in [-0.4, -0.2) is 24.0 Å². The van der Waals surface area contributed by atoms with E-state index in [4.69, 9.17) is 9.47 Å². The van der Waals surface area contributed by atoms with E-state index in [0.717, 1.165) is 27.4 Å². The van der Waals surface area contributed by atoms with Gasteiger partial charge in [-0.3, -0.25) is 14.9 Å². The minimum atomic E-state index is -0.437. The Morgan fingerprint density at radius 2 is 1.89 bits per heavy atom. The molecule has 1 amide bonds. The van der Waals surface area contributed by atoms with Crippen molar-refractivity contribution in [2.24, 2.45) is 0 Å². The van der Waals surface area contributed by atoms with Gasteiger partial charge in [-0.05, 0) is 55.8 Å². The van der Waals surface area contributed by atoms with Crippen molar-refractivity contribution >= 4 is 28.3 Å². The molecule has 0 aliphatic carbocycles. The van der Waals surface area contributed by atoms with Crippen molar-refractivity contribution in [2.45, 2.75) is 20.8 Å². The lowest BCUT2D eigenvalue weighted by Gasteiger charge is -2.06. The Morgan fingerprint density at radius 1 is 1.11 bits per heavy atom. The first-order valence-electron chi connectivity index (χ1n) is 8.59. The quantitative estimate of drug-likeness (QED) is 0.503. The number of carbonyl (C=O) groups is 2. The van der Waals surface area contributed by atoms with Gasteiger partial charge >= 0.3 is 5.97 Å². The second-order valence-corrected chi connectivity index (χ2v) is 7.39. The summed E-state index contributed by atoms with van der Waals surface area (Å²) >= 11 is 1.40.